The Morgan fingerprint density at radius 3 is 2.42 bits per heavy atom. The predicted molar refractivity (Wildman–Crippen MR) is 186 cm³/mol. The van der Waals surface area contributed by atoms with Gasteiger partial charge < -0.3 is 24.0 Å². The van der Waals surface area contributed by atoms with Crippen LogP contribution in [0.5, 0.6) is 5.75 Å². The van der Waals surface area contributed by atoms with Gasteiger partial charge in [0.25, 0.3) is 0 Å². The van der Waals surface area contributed by atoms with Gasteiger partial charge in [0.15, 0.2) is 0 Å². The number of aromatic nitrogens is 7. The zero-order valence-corrected chi connectivity index (χ0v) is 29.0. The molecule has 2 saturated heterocycles. The lowest BCUT2D eigenvalue weighted by atomic mass is 10.1. The smallest absolute Gasteiger partial charge is 0.350 e. The minimum absolute atomic E-state index is 0.0639. The number of piperazine rings is 1. The number of ether oxygens (including phenoxy) is 3. The number of rotatable bonds is 11. The van der Waals surface area contributed by atoms with Crippen LogP contribution in [0.3, 0.4) is 0 Å². The summed E-state index contributed by atoms with van der Waals surface area (Å²) in [7, 11) is 0. The highest BCUT2D eigenvalue weighted by molar-refractivity contribution is 6.35. The van der Waals surface area contributed by atoms with E-state index in [-0.39, 0.29) is 43.3 Å². The van der Waals surface area contributed by atoms with Gasteiger partial charge in [-0.2, -0.15) is 5.10 Å². The zero-order valence-electron chi connectivity index (χ0n) is 27.5. The molecule has 0 aliphatic carbocycles. The number of hydrogen-bond acceptors (Lipinski definition) is 10. The van der Waals surface area contributed by atoms with Crippen LogP contribution in [-0.2, 0) is 21.8 Å². The monoisotopic (exact) mass is 723 g/mol. The molecule has 0 amide bonds. The second-order valence-corrected chi connectivity index (χ2v) is 13.2. The Hall–Kier alpha value is -4.50. The standard InChI is InChI=1S/C34H36Cl2FN9O4/c1-3-23(2)46-33(47)45(22-39-46)32-11-7-26(17-31(32)37)43-14-12-42(13-15-43)25-5-8-27(9-6-25)48-18-28-19-49-34(50-28,20-44-21-38-40-41-44)29-10-4-24(35)16-30(29)36/h4-11,16-17,21-23,28H,3,12-15,18-20H2,1-2H3/t23?,28-,34-/m1/s1. The number of anilines is 2. The van der Waals surface area contributed by atoms with Crippen molar-refractivity contribution in [3.05, 3.63) is 105 Å². The maximum absolute atomic E-state index is 15.2. The molecule has 7 rings (SSSR count). The number of halogens is 3. The Bertz CT molecular complexity index is 1980. The lowest BCUT2D eigenvalue weighted by molar-refractivity contribution is -0.190. The van der Waals surface area contributed by atoms with Gasteiger partial charge in [0, 0.05) is 48.1 Å². The van der Waals surface area contributed by atoms with Gasteiger partial charge in [-0.15, -0.1) is 5.10 Å². The van der Waals surface area contributed by atoms with E-state index in [0.29, 0.717) is 34.4 Å². The van der Waals surface area contributed by atoms with Crippen molar-refractivity contribution in [3.8, 4) is 11.4 Å². The molecule has 5 aromatic rings. The third-order valence-electron chi connectivity index (χ3n) is 9.14. The van der Waals surface area contributed by atoms with Gasteiger partial charge in [-0.25, -0.2) is 23.1 Å². The van der Waals surface area contributed by atoms with Gasteiger partial charge in [0.1, 0.15) is 43.5 Å². The molecule has 2 fully saturated rings. The molecule has 0 spiro atoms. The Kier molecular flexibility index (Phi) is 9.78. The number of benzene rings is 3. The second-order valence-electron chi connectivity index (χ2n) is 12.3. The minimum Gasteiger partial charge on any atom is -0.491 e. The Labute approximate surface area is 297 Å². The van der Waals surface area contributed by atoms with Crippen molar-refractivity contribution in [3.63, 3.8) is 0 Å². The van der Waals surface area contributed by atoms with E-state index in [1.807, 2.05) is 44.2 Å². The van der Waals surface area contributed by atoms with E-state index < -0.39 is 11.6 Å². The van der Waals surface area contributed by atoms with Crippen LogP contribution in [0.15, 0.2) is 78.1 Å². The third kappa shape index (κ3) is 6.93. The van der Waals surface area contributed by atoms with E-state index in [1.54, 1.807) is 24.3 Å². The van der Waals surface area contributed by atoms with Gasteiger partial charge in [-0.1, -0.05) is 36.2 Å². The summed E-state index contributed by atoms with van der Waals surface area (Å²) in [5, 5.41) is 16.5. The molecule has 0 N–H and O–H groups in total. The highest BCUT2D eigenvalue weighted by Crippen LogP contribution is 2.40. The molecule has 0 radical (unpaired) electrons. The van der Waals surface area contributed by atoms with Crippen LogP contribution in [0.4, 0.5) is 15.8 Å². The molecule has 13 nitrogen and oxygen atoms in total. The molecule has 4 heterocycles. The van der Waals surface area contributed by atoms with Crippen LogP contribution >= 0.6 is 23.2 Å². The zero-order chi connectivity index (χ0) is 34.8. The summed E-state index contributed by atoms with van der Waals surface area (Å²) >= 11 is 12.7. The maximum atomic E-state index is 15.2. The summed E-state index contributed by atoms with van der Waals surface area (Å²) in [5.41, 5.74) is 2.30. The first kappa shape index (κ1) is 34.0. The second kappa shape index (κ2) is 14.4. The minimum atomic E-state index is -1.22. The van der Waals surface area contributed by atoms with E-state index >= 15 is 4.39 Å². The first-order chi connectivity index (χ1) is 24.2. The van der Waals surface area contributed by atoms with Crippen molar-refractivity contribution in [2.45, 2.75) is 44.7 Å². The molecule has 2 aliphatic rings. The molecule has 2 aliphatic heterocycles. The molecular weight excluding hydrogens is 688 g/mol. The number of tetrazole rings is 1. The highest BCUT2D eigenvalue weighted by Gasteiger charge is 2.46. The Morgan fingerprint density at radius 1 is 1.00 bits per heavy atom. The summed E-state index contributed by atoms with van der Waals surface area (Å²) in [6, 6.07) is 18.0. The fourth-order valence-corrected chi connectivity index (χ4v) is 6.78. The average Bonchev–Trinajstić information content (AvgIpc) is 3.88. The topological polar surface area (TPSA) is 118 Å². The van der Waals surface area contributed by atoms with Crippen molar-refractivity contribution >= 4 is 34.6 Å². The van der Waals surface area contributed by atoms with E-state index in [1.165, 1.54) is 32.7 Å². The molecular formula is C34H36Cl2FN9O4. The van der Waals surface area contributed by atoms with Crippen LogP contribution < -0.4 is 20.2 Å². The third-order valence-corrected chi connectivity index (χ3v) is 9.69. The summed E-state index contributed by atoms with van der Waals surface area (Å²) in [6.07, 6.45) is 3.23. The van der Waals surface area contributed by atoms with E-state index in [0.717, 1.165) is 30.9 Å². The molecule has 3 atom stereocenters. The quantitative estimate of drug-likeness (QED) is 0.182. The van der Waals surface area contributed by atoms with E-state index in [4.69, 9.17) is 37.4 Å². The Morgan fingerprint density at radius 2 is 1.74 bits per heavy atom. The fourth-order valence-electron chi connectivity index (χ4n) is 6.23. The summed E-state index contributed by atoms with van der Waals surface area (Å²) in [5.74, 6) is -0.988. The molecule has 16 heteroatoms. The summed E-state index contributed by atoms with van der Waals surface area (Å²) < 4.78 is 38.2. The molecule has 0 saturated carbocycles. The van der Waals surface area contributed by atoms with Gasteiger partial charge in [-0.3, -0.25) is 0 Å². The molecule has 262 valence electrons. The lowest BCUT2D eigenvalue weighted by Crippen LogP contribution is -2.46. The van der Waals surface area contributed by atoms with Crippen molar-refractivity contribution in [2.24, 2.45) is 0 Å². The average molecular weight is 725 g/mol. The van der Waals surface area contributed by atoms with Crippen LogP contribution in [0, 0.1) is 5.82 Å². The van der Waals surface area contributed by atoms with Crippen molar-refractivity contribution in [1.82, 2.24) is 34.6 Å². The van der Waals surface area contributed by atoms with E-state index in [9.17, 15) is 4.79 Å². The van der Waals surface area contributed by atoms with Gasteiger partial charge in [0.05, 0.1) is 23.4 Å². The van der Waals surface area contributed by atoms with Crippen LogP contribution in [0.25, 0.3) is 5.69 Å². The Balaban J connectivity index is 0.938. The predicted octanol–water partition coefficient (Wildman–Crippen LogP) is 5.11. The van der Waals surface area contributed by atoms with Crippen molar-refractivity contribution < 1.29 is 18.6 Å². The normalized spacial score (nSPS) is 20.0. The van der Waals surface area contributed by atoms with Gasteiger partial charge >= 0.3 is 5.69 Å². The van der Waals surface area contributed by atoms with Crippen LogP contribution in [0.2, 0.25) is 10.0 Å². The first-order valence-electron chi connectivity index (χ1n) is 16.4. The van der Waals surface area contributed by atoms with Crippen LogP contribution in [-0.4, -0.2) is 80.1 Å². The summed E-state index contributed by atoms with van der Waals surface area (Å²) in [6.45, 7) is 7.55. The van der Waals surface area contributed by atoms with Crippen molar-refractivity contribution in [1.29, 1.82) is 0 Å². The number of nitrogens with zero attached hydrogens (tertiary/aromatic N) is 9. The molecule has 50 heavy (non-hydrogen) atoms. The summed E-state index contributed by atoms with van der Waals surface area (Å²) in [4.78, 5) is 17.2. The largest absolute Gasteiger partial charge is 0.491 e. The molecule has 0 bridgehead atoms. The SMILES string of the molecule is CCC(C)n1ncn(-c2ccc(N3CCN(c4ccc(OC[C@@H]5CO[C@@](Cn6cnnn6)(c6ccc(Cl)cc6Cl)O5)cc4)CC3)cc2F)c1=O. The molecule has 1 unspecified atom stereocenters. The van der Waals surface area contributed by atoms with Crippen molar-refractivity contribution in [2.75, 3.05) is 49.2 Å². The number of hydrogen-bond donors (Lipinski definition) is 0. The highest BCUT2D eigenvalue weighted by atomic mass is 35.5. The van der Waals surface area contributed by atoms with E-state index in [2.05, 4.69) is 30.4 Å². The maximum Gasteiger partial charge on any atom is 0.350 e. The fraction of sp³-hybridized carbons (Fsp3) is 0.382. The van der Waals surface area contributed by atoms with Gasteiger partial charge in [-0.05, 0) is 78.4 Å². The first-order valence-corrected chi connectivity index (χ1v) is 17.2. The molecule has 3 aromatic carbocycles. The molecule has 2 aromatic heterocycles. The lowest BCUT2D eigenvalue weighted by Gasteiger charge is -2.37. The van der Waals surface area contributed by atoms with Gasteiger partial charge in [0.2, 0.25) is 5.79 Å². The van der Waals surface area contributed by atoms with Crippen LogP contribution in [0.1, 0.15) is 31.9 Å².